The van der Waals surface area contributed by atoms with Crippen LogP contribution in [0.3, 0.4) is 0 Å². The Morgan fingerprint density at radius 3 is 3.00 bits per heavy atom. The average Bonchev–Trinajstić information content (AvgIpc) is 2.88. The first-order valence-corrected chi connectivity index (χ1v) is 6.27. The van der Waals surface area contributed by atoms with E-state index in [9.17, 15) is 4.79 Å². The number of nitrogens with one attached hydrogen (secondary N) is 1. The molecule has 4 nitrogen and oxygen atoms in total. The molecule has 0 aliphatic carbocycles. The lowest BCUT2D eigenvalue weighted by atomic mass is 10.4. The van der Waals surface area contributed by atoms with Crippen molar-refractivity contribution in [1.82, 2.24) is 14.9 Å². The highest BCUT2D eigenvalue weighted by molar-refractivity contribution is 9.11. The molecule has 0 saturated carbocycles. The molecule has 1 amide bonds. The van der Waals surface area contributed by atoms with E-state index in [1.54, 1.807) is 24.3 Å². The second kappa shape index (κ2) is 4.80. The summed E-state index contributed by atoms with van der Waals surface area (Å²) in [7, 11) is 1.76. The first-order valence-electron chi connectivity index (χ1n) is 4.66. The lowest BCUT2D eigenvalue weighted by molar-refractivity contribution is 0.0786. The van der Waals surface area contributed by atoms with Crippen molar-refractivity contribution in [3.8, 4) is 0 Å². The minimum atomic E-state index is 0.00657. The fourth-order valence-corrected chi connectivity index (χ4v) is 2.68. The highest BCUT2D eigenvalue weighted by Crippen LogP contribution is 2.23. The number of nitrogens with zero attached hydrogens (tertiary/aromatic N) is 2. The van der Waals surface area contributed by atoms with E-state index in [1.165, 1.54) is 11.3 Å². The third-order valence-corrected chi connectivity index (χ3v) is 3.68. The molecule has 0 saturated heterocycles. The van der Waals surface area contributed by atoms with Gasteiger partial charge in [-0.15, -0.1) is 11.3 Å². The third-order valence-electron chi connectivity index (χ3n) is 2.07. The van der Waals surface area contributed by atoms with E-state index in [1.807, 2.05) is 12.1 Å². The molecule has 16 heavy (non-hydrogen) atoms. The molecule has 0 atom stereocenters. The number of H-pyrrole nitrogens is 1. The van der Waals surface area contributed by atoms with Gasteiger partial charge in [0.2, 0.25) is 0 Å². The zero-order valence-corrected chi connectivity index (χ0v) is 11.0. The Bertz CT molecular complexity index is 480. The molecule has 0 aliphatic rings. The van der Waals surface area contributed by atoms with E-state index < -0.39 is 0 Å². The molecule has 0 fully saturated rings. The molecule has 1 N–H and O–H groups in total. The summed E-state index contributed by atoms with van der Waals surface area (Å²) in [5, 5.41) is 0. The predicted octanol–water partition coefficient (Wildman–Crippen LogP) is 2.51. The summed E-state index contributed by atoms with van der Waals surface area (Å²) in [5.74, 6) is 0.790. The predicted molar refractivity (Wildman–Crippen MR) is 66.4 cm³/mol. The maximum atomic E-state index is 12.0. The first-order chi connectivity index (χ1) is 7.66. The quantitative estimate of drug-likeness (QED) is 0.947. The Hall–Kier alpha value is -1.14. The maximum Gasteiger partial charge on any atom is 0.264 e. The van der Waals surface area contributed by atoms with Gasteiger partial charge in [-0.05, 0) is 28.1 Å². The van der Waals surface area contributed by atoms with Gasteiger partial charge in [-0.3, -0.25) is 4.79 Å². The fourth-order valence-electron chi connectivity index (χ4n) is 1.30. The molecular weight excluding hydrogens is 290 g/mol. The smallest absolute Gasteiger partial charge is 0.264 e. The molecule has 0 aliphatic heterocycles. The van der Waals surface area contributed by atoms with E-state index in [0.717, 1.165) is 14.5 Å². The van der Waals surface area contributed by atoms with E-state index >= 15 is 0 Å². The van der Waals surface area contributed by atoms with Crippen molar-refractivity contribution in [3.05, 3.63) is 39.0 Å². The van der Waals surface area contributed by atoms with Crippen LogP contribution in [0.1, 0.15) is 15.5 Å². The van der Waals surface area contributed by atoms with E-state index in [2.05, 4.69) is 25.9 Å². The average molecular weight is 300 g/mol. The highest BCUT2D eigenvalue weighted by Gasteiger charge is 2.14. The molecule has 84 valence electrons. The topological polar surface area (TPSA) is 49.0 Å². The molecule has 6 heteroatoms. The zero-order valence-electron chi connectivity index (χ0n) is 8.61. The van der Waals surface area contributed by atoms with Crippen molar-refractivity contribution in [2.75, 3.05) is 7.05 Å². The van der Waals surface area contributed by atoms with Crippen molar-refractivity contribution in [2.45, 2.75) is 6.54 Å². The van der Waals surface area contributed by atoms with Gasteiger partial charge in [-0.2, -0.15) is 0 Å². The number of carbonyl (C=O) groups excluding carboxylic acids is 1. The molecule has 2 heterocycles. The number of rotatable bonds is 3. The highest BCUT2D eigenvalue weighted by atomic mass is 79.9. The number of carbonyl (C=O) groups is 1. The molecule has 0 radical (unpaired) electrons. The second-order valence-corrected chi connectivity index (χ2v) is 5.76. The summed E-state index contributed by atoms with van der Waals surface area (Å²) in [6.45, 7) is 0.487. The van der Waals surface area contributed by atoms with Gasteiger partial charge in [-0.25, -0.2) is 4.98 Å². The number of aromatic nitrogens is 2. The van der Waals surface area contributed by atoms with E-state index in [4.69, 9.17) is 0 Å². The van der Waals surface area contributed by atoms with Crippen LogP contribution >= 0.6 is 27.3 Å². The fraction of sp³-hybridized carbons (Fsp3) is 0.200. The summed E-state index contributed by atoms with van der Waals surface area (Å²) in [4.78, 5) is 21.4. The van der Waals surface area contributed by atoms with Crippen LogP contribution in [0, 0.1) is 0 Å². The summed E-state index contributed by atoms with van der Waals surface area (Å²) in [6, 6.07) is 3.69. The monoisotopic (exact) mass is 299 g/mol. The van der Waals surface area contributed by atoms with Crippen LogP contribution < -0.4 is 0 Å². The van der Waals surface area contributed by atoms with E-state index in [0.29, 0.717) is 6.54 Å². The molecule has 2 aromatic rings. The van der Waals surface area contributed by atoms with Gasteiger partial charge in [0.1, 0.15) is 5.82 Å². The van der Waals surface area contributed by atoms with Crippen LogP contribution in [-0.2, 0) is 6.54 Å². The molecular formula is C10H10BrN3OS. The number of hydrogen-bond acceptors (Lipinski definition) is 3. The van der Waals surface area contributed by atoms with Gasteiger partial charge in [0.05, 0.1) is 15.2 Å². The van der Waals surface area contributed by atoms with E-state index in [-0.39, 0.29) is 5.91 Å². The SMILES string of the molecule is CN(Cc1ncc[nH]1)C(=O)c1ccc(Br)s1. The Morgan fingerprint density at radius 1 is 1.62 bits per heavy atom. The van der Waals surface area contributed by atoms with Crippen molar-refractivity contribution in [3.63, 3.8) is 0 Å². The Balaban J connectivity index is 2.05. The number of halogens is 1. The minimum Gasteiger partial charge on any atom is -0.347 e. The van der Waals surface area contributed by atoms with Crippen LogP contribution in [0.2, 0.25) is 0 Å². The Kier molecular flexibility index (Phi) is 3.40. The maximum absolute atomic E-state index is 12.0. The molecule has 0 unspecified atom stereocenters. The minimum absolute atomic E-state index is 0.00657. The summed E-state index contributed by atoms with van der Waals surface area (Å²) in [5.41, 5.74) is 0. The molecule has 2 rings (SSSR count). The van der Waals surface area contributed by atoms with Gasteiger partial charge in [0.15, 0.2) is 0 Å². The van der Waals surface area contributed by atoms with Crippen LogP contribution in [0.25, 0.3) is 0 Å². The van der Waals surface area contributed by atoms with Gasteiger partial charge in [0.25, 0.3) is 5.91 Å². The summed E-state index contributed by atoms with van der Waals surface area (Å²) < 4.78 is 0.960. The van der Waals surface area contributed by atoms with Gasteiger partial charge < -0.3 is 9.88 Å². The van der Waals surface area contributed by atoms with Crippen molar-refractivity contribution < 1.29 is 4.79 Å². The Morgan fingerprint density at radius 2 is 2.44 bits per heavy atom. The number of imidazole rings is 1. The van der Waals surface area contributed by atoms with Crippen LogP contribution in [0.5, 0.6) is 0 Å². The first kappa shape index (κ1) is 11.3. The molecule has 0 aromatic carbocycles. The molecule has 0 bridgehead atoms. The van der Waals surface area contributed by atoms with Gasteiger partial charge in [0, 0.05) is 19.4 Å². The molecule has 2 aromatic heterocycles. The van der Waals surface area contributed by atoms with Crippen molar-refractivity contribution in [2.24, 2.45) is 0 Å². The summed E-state index contributed by atoms with van der Waals surface area (Å²) >= 11 is 4.77. The summed E-state index contributed by atoms with van der Waals surface area (Å²) in [6.07, 6.45) is 3.42. The standard InChI is InChI=1S/C10H10BrN3OS/c1-14(6-9-12-4-5-13-9)10(15)7-2-3-8(11)16-7/h2-5H,6H2,1H3,(H,12,13). The zero-order chi connectivity index (χ0) is 11.5. The van der Waals surface area contributed by atoms with Crippen LogP contribution in [0.4, 0.5) is 0 Å². The van der Waals surface area contributed by atoms with Gasteiger partial charge >= 0.3 is 0 Å². The van der Waals surface area contributed by atoms with Crippen LogP contribution in [0.15, 0.2) is 28.3 Å². The largest absolute Gasteiger partial charge is 0.347 e. The lowest BCUT2D eigenvalue weighted by Crippen LogP contribution is -2.25. The third kappa shape index (κ3) is 2.51. The number of hydrogen-bond donors (Lipinski definition) is 1. The van der Waals surface area contributed by atoms with Crippen LogP contribution in [-0.4, -0.2) is 27.8 Å². The number of amides is 1. The molecule has 0 spiro atoms. The second-order valence-electron chi connectivity index (χ2n) is 3.30. The Labute approximate surface area is 105 Å². The van der Waals surface area contributed by atoms with Gasteiger partial charge in [-0.1, -0.05) is 0 Å². The number of thiophene rings is 1. The number of aromatic amines is 1. The lowest BCUT2D eigenvalue weighted by Gasteiger charge is -2.14. The van der Waals surface area contributed by atoms with Crippen molar-refractivity contribution >= 4 is 33.2 Å². The normalized spacial score (nSPS) is 10.4. The van der Waals surface area contributed by atoms with Crippen molar-refractivity contribution in [1.29, 1.82) is 0 Å².